The highest BCUT2D eigenvalue weighted by Gasteiger charge is 2.41. The van der Waals surface area contributed by atoms with Crippen molar-refractivity contribution in [3.05, 3.63) is 89.6 Å². The van der Waals surface area contributed by atoms with Gasteiger partial charge in [-0.2, -0.15) is 0 Å². The minimum Gasteiger partial charge on any atom is -0.496 e. The number of nitrogens with zero attached hydrogens (tertiary/aromatic N) is 1. The van der Waals surface area contributed by atoms with Crippen molar-refractivity contribution in [1.82, 2.24) is 0 Å². The van der Waals surface area contributed by atoms with E-state index in [4.69, 9.17) is 9.47 Å². The molecule has 1 N–H and O–H groups in total. The van der Waals surface area contributed by atoms with Crippen LogP contribution in [-0.2, 0) is 16.0 Å². The number of carbonyl (C=O) groups is 2. The van der Waals surface area contributed by atoms with E-state index in [-0.39, 0.29) is 11.3 Å². The Morgan fingerprint density at radius 1 is 0.848 bits per heavy atom. The normalized spacial score (nSPS) is 13.5. The highest BCUT2D eigenvalue weighted by molar-refractivity contribution is 6.46. The standard InChI is InChI=1S/C27H26N2O4/c1-4-18-10-14-20(15-11-18)29-26(30)24(22-8-6-7-9-23(22)32-3)25(27(29)31)28-19-12-16-21(17-13-19)33-5-2/h6-17,28H,4-5H2,1-3H3. The van der Waals surface area contributed by atoms with Crippen LogP contribution in [0.2, 0.25) is 0 Å². The first-order valence-electron chi connectivity index (χ1n) is 10.9. The van der Waals surface area contributed by atoms with Gasteiger partial charge in [-0.25, -0.2) is 4.90 Å². The molecule has 1 aliphatic rings. The van der Waals surface area contributed by atoms with Gasteiger partial charge in [0.1, 0.15) is 17.2 Å². The van der Waals surface area contributed by atoms with Gasteiger partial charge in [-0.05, 0) is 61.4 Å². The van der Waals surface area contributed by atoms with E-state index in [0.29, 0.717) is 29.3 Å². The predicted molar refractivity (Wildman–Crippen MR) is 129 cm³/mol. The Morgan fingerprint density at radius 3 is 2.18 bits per heavy atom. The summed E-state index contributed by atoms with van der Waals surface area (Å²) >= 11 is 0. The van der Waals surface area contributed by atoms with E-state index in [0.717, 1.165) is 17.7 Å². The molecule has 4 rings (SSSR count). The summed E-state index contributed by atoms with van der Waals surface area (Å²) < 4.78 is 11.0. The van der Waals surface area contributed by atoms with Crippen molar-refractivity contribution in [2.45, 2.75) is 20.3 Å². The summed E-state index contributed by atoms with van der Waals surface area (Å²) in [5, 5.41) is 3.17. The first kappa shape index (κ1) is 22.1. The van der Waals surface area contributed by atoms with E-state index in [9.17, 15) is 9.59 Å². The second kappa shape index (κ2) is 9.61. The smallest absolute Gasteiger partial charge is 0.282 e. The number of hydrogen-bond donors (Lipinski definition) is 1. The molecule has 6 nitrogen and oxygen atoms in total. The maximum absolute atomic E-state index is 13.6. The summed E-state index contributed by atoms with van der Waals surface area (Å²) in [5.41, 5.74) is 3.35. The lowest BCUT2D eigenvalue weighted by Crippen LogP contribution is -2.32. The number of amides is 2. The highest BCUT2D eigenvalue weighted by Crippen LogP contribution is 2.37. The zero-order chi connectivity index (χ0) is 23.4. The molecule has 6 heteroatoms. The largest absolute Gasteiger partial charge is 0.496 e. The number of rotatable bonds is 8. The maximum Gasteiger partial charge on any atom is 0.282 e. The number of hydrogen-bond acceptors (Lipinski definition) is 5. The minimum absolute atomic E-state index is 0.202. The lowest BCUT2D eigenvalue weighted by atomic mass is 10.0. The fraction of sp³-hybridized carbons (Fsp3) is 0.185. The molecule has 0 bridgehead atoms. The average Bonchev–Trinajstić information content (AvgIpc) is 3.09. The molecule has 2 amide bonds. The number of methoxy groups -OCH3 is 1. The van der Waals surface area contributed by atoms with Crippen molar-refractivity contribution in [2.75, 3.05) is 23.9 Å². The van der Waals surface area contributed by atoms with E-state index in [2.05, 4.69) is 12.2 Å². The molecule has 0 saturated carbocycles. The fourth-order valence-corrected chi connectivity index (χ4v) is 3.81. The van der Waals surface area contributed by atoms with Crippen LogP contribution in [0.5, 0.6) is 11.5 Å². The summed E-state index contributed by atoms with van der Waals surface area (Å²) in [4.78, 5) is 28.4. The van der Waals surface area contributed by atoms with Crippen molar-refractivity contribution >= 4 is 28.8 Å². The Bertz CT molecular complexity index is 1200. The van der Waals surface area contributed by atoms with Gasteiger partial charge >= 0.3 is 0 Å². The molecular formula is C27H26N2O4. The van der Waals surface area contributed by atoms with Crippen molar-refractivity contribution in [1.29, 1.82) is 0 Å². The van der Waals surface area contributed by atoms with E-state index in [1.54, 1.807) is 31.4 Å². The monoisotopic (exact) mass is 442 g/mol. The Morgan fingerprint density at radius 2 is 1.55 bits per heavy atom. The van der Waals surface area contributed by atoms with Crippen molar-refractivity contribution < 1.29 is 19.1 Å². The van der Waals surface area contributed by atoms with Gasteiger partial charge < -0.3 is 14.8 Å². The minimum atomic E-state index is -0.418. The Labute approximate surface area is 193 Å². The van der Waals surface area contributed by atoms with Crippen LogP contribution in [0.15, 0.2) is 78.5 Å². The Hall–Kier alpha value is -4.06. The molecular weight excluding hydrogens is 416 g/mol. The number of ether oxygens (including phenoxy) is 2. The van der Waals surface area contributed by atoms with Gasteiger partial charge in [0.2, 0.25) is 0 Å². The van der Waals surface area contributed by atoms with Crippen LogP contribution >= 0.6 is 0 Å². The molecule has 0 aliphatic carbocycles. The van der Waals surface area contributed by atoms with Crippen molar-refractivity contribution in [3.63, 3.8) is 0 Å². The number of para-hydroxylation sites is 1. The van der Waals surface area contributed by atoms with Gasteiger partial charge in [0.25, 0.3) is 11.8 Å². The molecule has 1 heterocycles. The quantitative estimate of drug-likeness (QED) is 0.494. The van der Waals surface area contributed by atoms with Crippen LogP contribution in [0.1, 0.15) is 25.0 Å². The molecule has 0 atom stereocenters. The SMILES string of the molecule is CCOc1ccc(NC2=C(c3ccccc3OC)C(=O)N(c3ccc(CC)cc3)C2=O)cc1. The van der Waals surface area contributed by atoms with Gasteiger partial charge in [0.05, 0.1) is 25.0 Å². The lowest BCUT2D eigenvalue weighted by molar-refractivity contribution is -0.120. The second-order valence-corrected chi connectivity index (χ2v) is 7.50. The van der Waals surface area contributed by atoms with Crippen LogP contribution in [0.25, 0.3) is 5.57 Å². The molecule has 33 heavy (non-hydrogen) atoms. The molecule has 0 radical (unpaired) electrons. The van der Waals surface area contributed by atoms with E-state index < -0.39 is 11.8 Å². The lowest BCUT2D eigenvalue weighted by Gasteiger charge is -2.16. The predicted octanol–water partition coefficient (Wildman–Crippen LogP) is 5.05. The van der Waals surface area contributed by atoms with Gasteiger partial charge in [-0.15, -0.1) is 0 Å². The molecule has 1 aliphatic heterocycles. The van der Waals surface area contributed by atoms with Gasteiger partial charge in [0, 0.05) is 11.3 Å². The third-order valence-corrected chi connectivity index (χ3v) is 5.50. The topological polar surface area (TPSA) is 67.9 Å². The molecule has 0 aromatic heterocycles. The molecule has 3 aromatic rings. The van der Waals surface area contributed by atoms with Crippen LogP contribution < -0.4 is 19.7 Å². The Balaban J connectivity index is 1.78. The van der Waals surface area contributed by atoms with Gasteiger partial charge in [0.15, 0.2) is 0 Å². The zero-order valence-electron chi connectivity index (χ0n) is 18.9. The molecule has 0 fully saturated rings. The van der Waals surface area contributed by atoms with Crippen molar-refractivity contribution in [2.24, 2.45) is 0 Å². The summed E-state index contributed by atoms with van der Waals surface area (Å²) in [6, 6.07) is 21.9. The molecule has 0 unspecified atom stereocenters. The van der Waals surface area contributed by atoms with Crippen LogP contribution in [0, 0.1) is 0 Å². The first-order chi connectivity index (χ1) is 16.1. The molecule has 0 saturated heterocycles. The summed E-state index contributed by atoms with van der Waals surface area (Å²) in [5.74, 6) is 0.428. The van der Waals surface area contributed by atoms with Crippen molar-refractivity contribution in [3.8, 4) is 11.5 Å². The summed E-state index contributed by atoms with van der Waals surface area (Å²) in [7, 11) is 1.54. The number of nitrogens with one attached hydrogen (secondary N) is 1. The fourth-order valence-electron chi connectivity index (χ4n) is 3.81. The molecule has 168 valence electrons. The van der Waals surface area contributed by atoms with E-state index in [1.165, 1.54) is 4.90 Å². The third-order valence-electron chi connectivity index (χ3n) is 5.50. The van der Waals surface area contributed by atoms with Crippen LogP contribution in [0.4, 0.5) is 11.4 Å². The van der Waals surface area contributed by atoms with Gasteiger partial charge in [-0.3, -0.25) is 9.59 Å². The third kappa shape index (κ3) is 4.32. The number of imide groups is 1. The number of carbonyl (C=O) groups excluding carboxylic acids is 2. The summed E-state index contributed by atoms with van der Waals surface area (Å²) in [6.07, 6.45) is 0.872. The maximum atomic E-state index is 13.6. The molecule has 0 spiro atoms. The molecule has 3 aromatic carbocycles. The van der Waals surface area contributed by atoms with E-state index >= 15 is 0 Å². The zero-order valence-corrected chi connectivity index (χ0v) is 18.9. The Kier molecular flexibility index (Phi) is 6.45. The van der Waals surface area contributed by atoms with Crippen LogP contribution in [0.3, 0.4) is 0 Å². The average molecular weight is 443 g/mol. The first-order valence-corrected chi connectivity index (χ1v) is 10.9. The summed E-state index contributed by atoms with van der Waals surface area (Å²) in [6.45, 7) is 4.54. The number of benzene rings is 3. The van der Waals surface area contributed by atoms with Gasteiger partial charge in [-0.1, -0.05) is 37.3 Å². The number of aryl methyl sites for hydroxylation is 1. The second-order valence-electron chi connectivity index (χ2n) is 7.50. The van der Waals surface area contributed by atoms with E-state index in [1.807, 2.05) is 55.5 Å². The van der Waals surface area contributed by atoms with Crippen LogP contribution in [-0.4, -0.2) is 25.5 Å². The highest BCUT2D eigenvalue weighted by atomic mass is 16.5. The number of anilines is 2.